The number of hydrogen-bond donors (Lipinski definition) is 1. The minimum absolute atomic E-state index is 0.328. The number of nitrogens with one attached hydrogen (secondary N) is 1. The second-order valence-electron chi connectivity index (χ2n) is 7.24. The van der Waals surface area contributed by atoms with Crippen molar-refractivity contribution in [3.05, 3.63) is 70.7 Å². The van der Waals surface area contributed by atoms with Crippen LogP contribution in [0, 0.1) is 0 Å². The fraction of sp³-hybridized carbons (Fsp3) is 0.286. The molecule has 0 radical (unpaired) electrons. The molecule has 3 rings (SSSR count). The summed E-state index contributed by atoms with van der Waals surface area (Å²) in [5.74, 6) is 0.619. The molecule has 3 aromatic rings. The molecule has 0 saturated carbocycles. The van der Waals surface area contributed by atoms with Gasteiger partial charge in [0.05, 0.1) is 6.26 Å². The van der Waals surface area contributed by atoms with Crippen LogP contribution in [0.1, 0.15) is 39.2 Å². The highest BCUT2D eigenvalue weighted by molar-refractivity contribution is 5.96. The largest absolute Gasteiger partial charge is 0.463 e. The number of benzene rings is 1. The summed E-state index contributed by atoms with van der Waals surface area (Å²) in [6, 6.07) is 14.1. The van der Waals surface area contributed by atoms with Crippen LogP contribution in [-0.2, 0) is 10.3 Å². The maximum Gasteiger partial charge on any atom is 0.267 e. The molecule has 2 heterocycles. The molecule has 6 nitrogen and oxygen atoms in total. The highest BCUT2D eigenvalue weighted by Gasteiger charge is 2.32. The third-order valence-corrected chi connectivity index (χ3v) is 4.49. The number of anilines is 1. The SMILES string of the molecule is CC(C)c1ccc(NC(=O)C(C)(C)n2nc(-c3ccco3)ccc2=O)cc1. The van der Waals surface area contributed by atoms with Gasteiger partial charge in [-0.15, -0.1) is 0 Å². The van der Waals surface area contributed by atoms with E-state index < -0.39 is 5.54 Å². The lowest BCUT2D eigenvalue weighted by molar-refractivity contribution is -0.123. The average molecular weight is 365 g/mol. The van der Waals surface area contributed by atoms with Crippen molar-refractivity contribution in [2.24, 2.45) is 0 Å². The number of nitrogens with zero attached hydrogens (tertiary/aromatic N) is 2. The van der Waals surface area contributed by atoms with Crippen LogP contribution in [0.2, 0.25) is 0 Å². The Bertz CT molecular complexity index is 984. The van der Waals surface area contributed by atoms with E-state index >= 15 is 0 Å². The molecule has 0 unspecified atom stereocenters. The summed E-state index contributed by atoms with van der Waals surface area (Å²) in [7, 11) is 0. The molecule has 0 aliphatic rings. The fourth-order valence-corrected chi connectivity index (χ4v) is 2.70. The Kier molecular flexibility index (Phi) is 4.99. The Labute approximate surface area is 157 Å². The molecule has 0 fully saturated rings. The van der Waals surface area contributed by atoms with Crippen LogP contribution in [-0.4, -0.2) is 15.7 Å². The highest BCUT2D eigenvalue weighted by atomic mass is 16.3. The number of rotatable bonds is 5. The zero-order valence-electron chi connectivity index (χ0n) is 15.9. The van der Waals surface area contributed by atoms with E-state index in [0.717, 1.165) is 0 Å². The van der Waals surface area contributed by atoms with Crippen LogP contribution in [0.25, 0.3) is 11.5 Å². The van der Waals surface area contributed by atoms with E-state index in [9.17, 15) is 9.59 Å². The van der Waals surface area contributed by atoms with E-state index in [1.165, 1.54) is 22.6 Å². The van der Waals surface area contributed by atoms with Crippen molar-refractivity contribution in [1.29, 1.82) is 0 Å². The standard InChI is InChI=1S/C21H23N3O3/c1-14(2)15-7-9-16(10-8-15)22-20(26)21(3,4)24-19(25)12-11-17(23-24)18-6-5-13-27-18/h5-14H,1-4H3,(H,22,26). The Morgan fingerprint density at radius 1 is 1.11 bits per heavy atom. The molecule has 1 amide bonds. The van der Waals surface area contributed by atoms with Crippen molar-refractivity contribution in [1.82, 2.24) is 9.78 Å². The van der Waals surface area contributed by atoms with Crippen LogP contribution < -0.4 is 10.9 Å². The van der Waals surface area contributed by atoms with Crippen molar-refractivity contribution >= 4 is 11.6 Å². The molecular weight excluding hydrogens is 342 g/mol. The Hall–Kier alpha value is -3.15. The molecule has 1 N–H and O–H groups in total. The van der Waals surface area contributed by atoms with Gasteiger partial charge < -0.3 is 9.73 Å². The zero-order chi connectivity index (χ0) is 19.6. The van der Waals surface area contributed by atoms with E-state index in [4.69, 9.17) is 4.42 Å². The zero-order valence-corrected chi connectivity index (χ0v) is 15.9. The number of hydrogen-bond acceptors (Lipinski definition) is 4. The summed E-state index contributed by atoms with van der Waals surface area (Å²) in [5, 5.41) is 7.20. The van der Waals surface area contributed by atoms with Crippen molar-refractivity contribution < 1.29 is 9.21 Å². The summed E-state index contributed by atoms with van der Waals surface area (Å²) >= 11 is 0. The minimum atomic E-state index is -1.18. The van der Waals surface area contributed by atoms with Gasteiger partial charge in [0.25, 0.3) is 11.5 Å². The molecule has 2 aromatic heterocycles. The van der Waals surface area contributed by atoms with Crippen molar-refractivity contribution in [3.63, 3.8) is 0 Å². The third-order valence-electron chi connectivity index (χ3n) is 4.49. The molecule has 27 heavy (non-hydrogen) atoms. The van der Waals surface area contributed by atoms with Crippen molar-refractivity contribution in [2.75, 3.05) is 5.32 Å². The number of amides is 1. The predicted molar refractivity (Wildman–Crippen MR) is 105 cm³/mol. The fourth-order valence-electron chi connectivity index (χ4n) is 2.70. The third kappa shape index (κ3) is 3.84. The first-order chi connectivity index (χ1) is 12.8. The highest BCUT2D eigenvalue weighted by Crippen LogP contribution is 2.21. The Morgan fingerprint density at radius 3 is 2.41 bits per heavy atom. The minimum Gasteiger partial charge on any atom is -0.463 e. The first-order valence-electron chi connectivity index (χ1n) is 8.85. The lowest BCUT2D eigenvalue weighted by Gasteiger charge is -2.25. The van der Waals surface area contributed by atoms with Gasteiger partial charge in [0.2, 0.25) is 0 Å². The summed E-state index contributed by atoms with van der Waals surface area (Å²) in [5.41, 5.74) is 0.808. The maximum atomic E-state index is 12.9. The van der Waals surface area contributed by atoms with E-state index in [1.54, 1.807) is 32.0 Å². The predicted octanol–water partition coefficient (Wildman–Crippen LogP) is 4.00. The van der Waals surface area contributed by atoms with Crippen LogP contribution in [0.5, 0.6) is 0 Å². The second-order valence-corrected chi connectivity index (χ2v) is 7.24. The molecule has 0 aliphatic carbocycles. The molecule has 1 aromatic carbocycles. The maximum absolute atomic E-state index is 12.9. The first-order valence-corrected chi connectivity index (χ1v) is 8.85. The van der Waals surface area contributed by atoms with Crippen LogP contribution in [0.3, 0.4) is 0 Å². The quantitative estimate of drug-likeness (QED) is 0.741. The van der Waals surface area contributed by atoms with E-state index in [2.05, 4.69) is 24.3 Å². The van der Waals surface area contributed by atoms with Gasteiger partial charge in [-0.25, -0.2) is 4.68 Å². The van der Waals surface area contributed by atoms with E-state index in [-0.39, 0.29) is 11.5 Å². The Morgan fingerprint density at radius 2 is 1.81 bits per heavy atom. The van der Waals surface area contributed by atoms with Crippen LogP contribution in [0.4, 0.5) is 5.69 Å². The van der Waals surface area contributed by atoms with Crippen LogP contribution in [0.15, 0.2) is 64.0 Å². The number of furan rings is 1. The number of carbonyl (C=O) groups excluding carboxylic acids is 1. The topological polar surface area (TPSA) is 77.1 Å². The second kappa shape index (κ2) is 7.23. The average Bonchev–Trinajstić information content (AvgIpc) is 3.17. The van der Waals surface area contributed by atoms with Crippen molar-refractivity contribution in [2.45, 2.75) is 39.2 Å². The Balaban J connectivity index is 1.88. The number of carbonyl (C=O) groups is 1. The molecule has 0 saturated heterocycles. The van der Waals surface area contributed by atoms with Gasteiger partial charge in [0.1, 0.15) is 11.2 Å². The summed E-state index contributed by atoms with van der Waals surface area (Å²) in [6.07, 6.45) is 1.53. The van der Waals surface area contributed by atoms with E-state index in [0.29, 0.717) is 23.1 Å². The lowest BCUT2D eigenvalue weighted by Crippen LogP contribution is -2.47. The van der Waals surface area contributed by atoms with Crippen molar-refractivity contribution in [3.8, 4) is 11.5 Å². The smallest absolute Gasteiger partial charge is 0.267 e. The molecule has 0 atom stereocenters. The molecule has 140 valence electrons. The molecule has 6 heteroatoms. The molecule has 0 bridgehead atoms. The van der Waals surface area contributed by atoms with Gasteiger partial charge in [-0.1, -0.05) is 26.0 Å². The molecule has 0 spiro atoms. The number of aromatic nitrogens is 2. The van der Waals surface area contributed by atoms with Gasteiger partial charge in [-0.05, 0) is 55.7 Å². The summed E-state index contributed by atoms with van der Waals surface area (Å²) in [6.45, 7) is 7.54. The van der Waals surface area contributed by atoms with Crippen LogP contribution >= 0.6 is 0 Å². The molecule has 0 aliphatic heterocycles. The van der Waals surface area contributed by atoms with E-state index in [1.807, 2.05) is 24.3 Å². The van der Waals surface area contributed by atoms with Gasteiger partial charge in [-0.3, -0.25) is 9.59 Å². The molecular formula is C21H23N3O3. The summed E-state index contributed by atoms with van der Waals surface area (Å²) < 4.78 is 6.52. The van der Waals surface area contributed by atoms with Gasteiger partial charge in [0.15, 0.2) is 5.76 Å². The van der Waals surface area contributed by atoms with Gasteiger partial charge in [-0.2, -0.15) is 5.10 Å². The lowest BCUT2D eigenvalue weighted by atomic mass is 10.0. The summed E-state index contributed by atoms with van der Waals surface area (Å²) in [4.78, 5) is 25.2. The normalized spacial score (nSPS) is 11.6. The van der Waals surface area contributed by atoms with Gasteiger partial charge >= 0.3 is 0 Å². The van der Waals surface area contributed by atoms with Gasteiger partial charge in [0, 0.05) is 11.8 Å². The first kappa shape index (κ1) is 18.6. The monoisotopic (exact) mass is 365 g/mol.